The van der Waals surface area contributed by atoms with Crippen molar-refractivity contribution in [3.05, 3.63) is 65.7 Å². The fraction of sp³-hybridized carbons (Fsp3) is 0.381. The van der Waals surface area contributed by atoms with Gasteiger partial charge in [0.15, 0.2) is 0 Å². The van der Waals surface area contributed by atoms with Gasteiger partial charge >= 0.3 is 0 Å². The van der Waals surface area contributed by atoms with Crippen molar-refractivity contribution in [3.63, 3.8) is 0 Å². The monoisotopic (exact) mass is 354 g/mol. The first-order valence-corrected chi connectivity index (χ1v) is 9.19. The molecule has 0 saturated carbocycles. The van der Waals surface area contributed by atoms with E-state index >= 15 is 0 Å². The van der Waals surface area contributed by atoms with E-state index in [-0.39, 0.29) is 12.0 Å². The summed E-state index contributed by atoms with van der Waals surface area (Å²) in [6, 6.07) is 17.6. The average molecular weight is 354 g/mol. The van der Waals surface area contributed by atoms with Crippen molar-refractivity contribution in [3.8, 4) is 5.75 Å². The highest BCUT2D eigenvalue weighted by molar-refractivity contribution is 5.80. The number of carbonyl (C=O) groups excluding carboxylic acids is 1. The normalized spacial score (nSPS) is 18.9. The molecule has 0 aromatic heterocycles. The zero-order valence-electron chi connectivity index (χ0n) is 15.4. The highest BCUT2D eigenvalue weighted by Crippen LogP contribution is 2.38. The number of rotatable bonds is 7. The zero-order valence-corrected chi connectivity index (χ0v) is 15.4. The van der Waals surface area contributed by atoms with E-state index in [9.17, 15) is 4.79 Å². The lowest BCUT2D eigenvalue weighted by atomic mass is 9.99. The Morgan fingerprint density at radius 1 is 1.04 bits per heavy atom. The van der Waals surface area contributed by atoms with Gasteiger partial charge < -0.3 is 19.7 Å². The Kier molecular flexibility index (Phi) is 6.26. The van der Waals surface area contributed by atoms with Crippen molar-refractivity contribution in [2.45, 2.75) is 26.2 Å². The molecule has 138 valence electrons. The molecular weight excluding hydrogens is 328 g/mol. The molecular formula is C21H26N2O3. The van der Waals surface area contributed by atoms with Gasteiger partial charge in [0.2, 0.25) is 0 Å². The molecule has 2 aromatic carbocycles. The molecule has 1 heterocycles. The Morgan fingerprint density at radius 2 is 1.73 bits per heavy atom. The number of para-hydroxylation sites is 1. The minimum Gasteiger partial charge on any atom is -0.455 e. The lowest BCUT2D eigenvalue weighted by Crippen LogP contribution is -2.45. The summed E-state index contributed by atoms with van der Waals surface area (Å²) in [5, 5.41) is 2.92. The minimum atomic E-state index is -0.952. The third kappa shape index (κ3) is 4.23. The fourth-order valence-electron chi connectivity index (χ4n) is 3.11. The van der Waals surface area contributed by atoms with E-state index < -0.39 is 6.29 Å². The number of nitrogens with zero attached hydrogens (tertiary/aromatic N) is 1. The summed E-state index contributed by atoms with van der Waals surface area (Å²) >= 11 is 0. The van der Waals surface area contributed by atoms with E-state index in [0.29, 0.717) is 12.3 Å². The number of nitrogens with one attached hydrogen (secondary N) is 1. The van der Waals surface area contributed by atoms with Crippen LogP contribution in [0.5, 0.6) is 5.75 Å². The largest absolute Gasteiger partial charge is 0.455 e. The summed E-state index contributed by atoms with van der Waals surface area (Å²) in [7, 11) is 0. The van der Waals surface area contributed by atoms with Gasteiger partial charge in [0.05, 0.1) is 0 Å². The van der Waals surface area contributed by atoms with Gasteiger partial charge in [-0.05, 0) is 24.7 Å². The number of fused-ring (bicyclic) bond motifs is 1. The topological polar surface area (TPSA) is 50.8 Å². The lowest BCUT2D eigenvalue weighted by molar-refractivity contribution is -0.166. The second kappa shape index (κ2) is 8.83. The van der Waals surface area contributed by atoms with E-state index in [0.717, 1.165) is 30.8 Å². The maximum absolute atomic E-state index is 12.6. The molecule has 1 amide bonds. The van der Waals surface area contributed by atoms with Crippen molar-refractivity contribution in [2.24, 2.45) is 0 Å². The first-order chi connectivity index (χ1) is 12.7. The molecule has 1 aliphatic rings. The van der Waals surface area contributed by atoms with Crippen LogP contribution in [-0.2, 0) is 9.53 Å². The molecule has 2 unspecified atom stereocenters. The second-order valence-electron chi connectivity index (χ2n) is 6.23. The smallest absolute Gasteiger partial charge is 0.289 e. The highest BCUT2D eigenvalue weighted by Gasteiger charge is 2.33. The molecule has 1 aliphatic heterocycles. The SMILES string of the molecule is CCN(CC)CCNC(=O)C1Oc2ccccc2C(c2ccccc2)O1. The molecule has 26 heavy (non-hydrogen) atoms. The molecule has 3 rings (SSSR count). The number of hydrogen-bond acceptors (Lipinski definition) is 4. The predicted octanol–water partition coefficient (Wildman–Crippen LogP) is 2.97. The molecule has 0 spiro atoms. The summed E-state index contributed by atoms with van der Waals surface area (Å²) in [4.78, 5) is 14.8. The van der Waals surface area contributed by atoms with Crippen LogP contribution in [0.15, 0.2) is 54.6 Å². The van der Waals surface area contributed by atoms with Crippen LogP contribution in [-0.4, -0.2) is 43.3 Å². The van der Waals surface area contributed by atoms with E-state index in [1.807, 2.05) is 54.6 Å². The minimum absolute atomic E-state index is 0.243. The van der Waals surface area contributed by atoms with Crippen molar-refractivity contribution in [1.82, 2.24) is 10.2 Å². The summed E-state index contributed by atoms with van der Waals surface area (Å²) in [5.41, 5.74) is 1.94. The molecule has 0 saturated heterocycles. The highest BCUT2D eigenvalue weighted by atomic mass is 16.7. The van der Waals surface area contributed by atoms with Crippen molar-refractivity contribution >= 4 is 5.91 Å². The molecule has 0 radical (unpaired) electrons. The molecule has 0 bridgehead atoms. The van der Waals surface area contributed by atoms with Gasteiger partial charge in [-0.2, -0.15) is 0 Å². The van der Waals surface area contributed by atoms with Crippen LogP contribution < -0.4 is 10.1 Å². The van der Waals surface area contributed by atoms with Crippen molar-refractivity contribution < 1.29 is 14.3 Å². The first kappa shape index (κ1) is 18.4. The van der Waals surface area contributed by atoms with Gasteiger partial charge in [0.1, 0.15) is 11.9 Å². The molecule has 2 aromatic rings. The van der Waals surface area contributed by atoms with Crippen LogP contribution in [0.3, 0.4) is 0 Å². The average Bonchev–Trinajstić information content (AvgIpc) is 2.71. The Hall–Kier alpha value is -2.37. The number of ether oxygens (including phenoxy) is 2. The summed E-state index contributed by atoms with van der Waals surface area (Å²) in [5.74, 6) is 0.448. The quantitative estimate of drug-likeness (QED) is 0.831. The Balaban J connectivity index is 1.71. The third-order valence-corrected chi connectivity index (χ3v) is 4.63. The van der Waals surface area contributed by atoms with E-state index in [1.54, 1.807) is 0 Å². The molecule has 5 nitrogen and oxygen atoms in total. The Bertz CT molecular complexity index is 716. The predicted molar refractivity (Wildman–Crippen MR) is 101 cm³/mol. The van der Waals surface area contributed by atoms with Gasteiger partial charge in [0.25, 0.3) is 12.2 Å². The molecule has 0 aliphatic carbocycles. The van der Waals surface area contributed by atoms with Crippen LogP contribution >= 0.6 is 0 Å². The van der Waals surface area contributed by atoms with Gasteiger partial charge in [-0.3, -0.25) is 4.79 Å². The molecule has 5 heteroatoms. The standard InChI is InChI=1S/C21H26N2O3/c1-3-23(4-2)15-14-22-20(24)21-25-18-13-9-8-12-17(18)19(26-21)16-10-6-5-7-11-16/h5-13,19,21H,3-4,14-15H2,1-2H3,(H,22,24). The van der Waals surface area contributed by atoms with Crippen LogP contribution in [0, 0.1) is 0 Å². The van der Waals surface area contributed by atoms with Crippen molar-refractivity contribution in [2.75, 3.05) is 26.2 Å². The Labute approximate surface area is 154 Å². The van der Waals surface area contributed by atoms with Crippen LogP contribution in [0.4, 0.5) is 0 Å². The van der Waals surface area contributed by atoms with E-state index in [2.05, 4.69) is 24.1 Å². The van der Waals surface area contributed by atoms with E-state index in [4.69, 9.17) is 9.47 Å². The number of likely N-dealkylation sites (N-methyl/N-ethyl adjacent to an activating group) is 1. The Morgan fingerprint density at radius 3 is 2.46 bits per heavy atom. The second-order valence-corrected chi connectivity index (χ2v) is 6.23. The van der Waals surface area contributed by atoms with Crippen LogP contribution in [0.25, 0.3) is 0 Å². The van der Waals surface area contributed by atoms with Crippen LogP contribution in [0.1, 0.15) is 31.1 Å². The number of benzene rings is 2. The van der Waals surface area contributed by atoms with Gasteiger partial charge in [-0.15, -0.1) is 0 Å². The molecule has 2 atom stereocenters. The first-order valence-electron chi connectivity index (χ1n) is 9.19. The zero-order chi connectivity index (χ0) is 18.4. The van der Waals surface area contributed by atoms with Gasteiger partial charge in [-0.25, -0.2) is 0 Å². The number of carbonyl (C=O) groups is 1. The fourth-order valence-corrected chi connectivity index (χ4v) is 3.11. The van der Waals surface area contributed by atoms with Gasteiger partial charge in [0, 0.05) is 18.7 Å². The summed E-state index contributed by atoms with van der Waals surface area (Å²) < 4.78 is 11.8. The summed E-state index contributed by atoms with van der Waals surface area (Å²) in [6.07, 6.45) is -1.27. The van der Waals surface area contributed by atoms with Gasteiger partial charge in [-0.1, -0.05) is 62.4 Å². The molecule has 1 N–H and O–H groups in total. The molecule has 0 fully saturated rings. The maximum atomic E-state index is 12.6. The van der Waals surface area contributed by atoms with Crippen molar-refractivity contribution in [1.29, 1.82) is 0 Å². The maximum Gasteiger partial charge on any atom is 0.289 e. The lowest BCUT2D eigenvalue weighted by Gasteiger charge is -2.32. The van der Waals surface area contributed by atoms with E-state index in [1.165, 1.54) is 0 Å². The number of amides is 1. The van der Waals surface area contributed by atoms with Crippen LogP contribution in [0.2, 0.25) is 0 Å². The third-order valence-electron chi connectivity index (χ3n) is 4.63. The number of hydrogen-bond donors (Lipinski definition) is 1. The summed E-state index contributed by atoms with van der Waals surface area (Å²) in [6.45, 7) is 7.53.